The number of ether oxygens (including phenoxy) is 2. The fourth-order valence-electron chi connectivity index (χ4n) is 0.345. The first kappa shape index (κ1) is 10.2. The summed E-state index contributed by atoms with van der Waals surface area (Å²) in [6.07, 6.45) is -2.90. The molecule has 0 aromatic carbocycles. The molecule has 0 bridgehead atoms. The summed E-state index contributed by atoms with van der Waals surface area (Å²) in [7, 11) is 0. The van der Waals surface area contributed by atoms with Gasteiger partial charge in [-0.2, -0.15) is 0 Å². The van der Waals surface area contributed by atoms with Crippen LogP contribution in [0.15, 0.2) is 5.11 Å². The van der Waals surface area contributed by atoms with Crippen molar-refractivity contribution in [2.24, 2.45) is 5.11 Å². The first-order chi connectivity index (χ1) is 5.56. The molecule has 1 amide bonds. The largest absolute Gasteiger partial charge is 0.516 e. The molecule has 0 heterocycles. The van der Waals surface area contributed by atoms with Crippen LogP contribution < -0.4 is 0 Å². The lowest BCUT2D eigenvalue weighted by molar-refractivity contribution is 0.0563. The van der Waals surface area contributed by atoms with Gasteiger partial charge in [-0.1, -0.05) is 0 Å². The topological polar surface area (TPSA) is 101 Å². The summed E-state index contributed by atoms with van der Waals surface area (Å²) >= 11 is 0. The summed E-state index contributed by atoms with van der Waals surface area (Å²) in [5.74, 6) is 0. The molecule has 0 aliphatic heterocycles. The normalized spacial score (nSPS) is 8.58. The molecule has 66 valence electrons. The monoisotopic (exact) mass is 173 g/mol. The van der Waals surface area contributed by atoms with Crippen molar-refractivity contribution in [2.75, 3.05) is 0 Å². The highest BCUT2D eigenvalue weighted by molar-refractivity contribution is 5.80. The van der Waals surface area contributed by atoms with E-state index in [1.165, 1.54) is 0 Å². The average molecular weight is 173 g/mol. The Bertz CT molecular complexity index is 231. The number of carbonyl (C=O) groups excluding carboxylic acids is 2. The maximum absolute atomic E-state index is 10.5. The molecule has 0 unspecified atom stereocenters. The lowest BCUT2D eigenvalue weighted by Crippen LogP contribution is -2.15. The lowest BCUT2D eigenvalue weighted by atomic mass is 10.5. The summed E-state index contributed by atoms with van der Waals surface area (Å²) < 4.78 is 8.28. The molecule has 0 spiro atoms. The fourth-order valence-corrected chi connectivity index (χ4v) is 0.345. The number of azide groups is 1. The van der Waals surface area contributed by atoms with Gasteiger partial charge < -0.3 is 9.47 Å². The Morgan fingerprint density at radius 1 is 1.50 bits per heavy atom. The molecule has 0 saturated carbocycles. The Hall–Kier alpha value is -1.75. The second-order valence-corrected chi connectivity index (χ2v) is 1.97. The third-order valence-corrected chi connectivity index (χ3v) is 0.629. The van der Waals surface area contributed by atoms with Crippen LogP contribution in [0, 0.1) is 0 Å². The van der Waals surface area contributed by atoms with Crippen molar-refractivity contribution in [3.05, 3.63) is 10.4 Å². The van der Waals surface area contributed by atoms with E-state index in [2.05, 4.69) is 19.5 Å². The van der Waals surface area contributed by atoms with E-state index in [1.807, 2.05) is 0 Å². The molecule has 12 heavy (non-hydrogen) atoms. The minimum Gasteiger partial charge on any atom is -0.431 e. The van der Waals surface area contributed by atoms with Crippen LogP contribution in [0.2, 0.25) is 0 Å². The van der Waals surface area contributed by atoms with Crippen molar-refractivity contribution < 1.29 is 19.1 Å². The Balaban J connectivity index is 3.85. The molecule has 0 saturated heterocycles. The van der Waals surface area contributed by atoms with E-state index >= 15 is 0 Å². The number of nitrogens with zero attached hydrogens (tertiary/aromatic N) is 3. The minimum absolute atomic E-state index is 0.392. The SMILES string of the molecule is CC(C)OC(=O)OC(=O)N=[N+]=[N-]. The fraction of sp³-hybridized carbons (Fsp3) is 0.600. The van der Waals surface area contributed by atoms with E-state index in [9.17, 15) is 9.59 Å². The van der Waals surface area contributed by atoms with Crippen molar-refractivity contribution in [3.8, 4) is 0 Å². The first-order valence-electron chi connectivity index (χ1n) is 3.03. The van der Waals surface area contributed by atoms with Crippen molar-refractivity contribution in [3.63, 3.8) is 0 Å². The summed E-state index contributed by atoms with van der Waals surface area (Å²) in [6, 6.07) is 0. The number of rotatable bonds is 1. The van der Waals surface area contributed by atoms with Gasteiger partial charge in [0.05, 0.1) is 6.10 Å². The van der Waals surface area contributed by atoms with Gasteiger partial charge in [-0.05, 0) is 19.4 Å². The minimum atomic E-state index is -1.33. The third-order valence-electron chi connectivity index (χ3n) is 0.629. The van der Waals surface area contributed by atoms with Crippen LogP contribution in [0.25, 0.3) is 10.4 Å². The van der Waals surface area contributed by atoms with E-state index in [0.29, 0.717) is 0 Å². The maximum Gasteiger partial charge on any atom is 0.516 e. The average Bonchev–Trinajstić information content (AvgIpc) is 1.84. The maximum atomic E-state index is 10.5. The van der Waals surface area contributed by atoms with Gasteiger partial charge in [-0.25, -0.2) is 9.59 Å². The van der Waals surface area contributed by atoms with Crippen molar-refractivity contribution in [1.29, 1.82) is 0 Å². The molecule has 0 aliphatic carbocycles. The molecule has 0 aromatic heterocycles. The Morgan fingerprint density at radius 3 is 2.50 bits per heavy atom. The Kier molecular flexibility index (Phi) is 4.25. The van der Waals surface area contributed by atoms with Gasteiger partial charge in [0.2, 0.25) is 0 Å². The Morgan fingerprint density at radius 2 is 2.08 bits per heavy atom. The quantitative estimate of drug-likeness (QED) is 0.199. The molecule has 7 heteroatoms. The summed E-state index contributed by atoms with van der Waals surface area (Å²) in [4.78, 5) is 22.9. The molecule has 0 aromatic rings. The van der Waals surface area contributed by atoms with Crippen LogP contribution >= 0.6 is 0 Å². The van der Waals surface area contributed by atoms with Crippen LogP contribution in [-0.4, -0.2) is 18.4 Å². The summed E-state index contributed by atoms with van der Waals surface area (Å²) in [6.45, 7) is 3.17. The van der Waals surface area contributed by atoms with E-state index in [1.54, 1.807) is 13.8 Å². The number of hydrogen-bond donors (Lipinski definition) is 0. The molecule has 0 fully saturated rings. The molecule has 0 radical (unpaired) electrons. The van der Waals surface area contributed by atoms with Crippen LogP contribution in [0.5, 0.6) is 0 Å². The van der Waals surface area contributed by atoms with Gasteiger partial charge in [0, 0.05) is 10.0 Å². The molecule has 0 aliphatic rings. The molecular formula is C5H7N3O4. The first-order valence-corrected chi connectivity index (χ1v) is 3.03. The van der Waals surface area contributed by atoms with Crippen LogP contribution in [0.1, 0.15) is 13.8 Å². The molecule has 0 rings (SSSR count). The predicted octanol–water partition coefficient (Wildman–Crippen LogP) is 1.98. The zero-order valence-corrected chi connectivity index (χ0v) is 6.55. The highest BCUT2D eigenvalue weighted by atomic mass is 16.7. The third kappa shape index (κ3) is 5.07. The Labute approximate surface area is 67.9 Å². The van der Waals surface area contributed by atoms with Gasteiger partial charge in [0.1, 0.15) is 0 Å². The van der Waals surface area contributed by atoms with E-state index in [-0.39, 0.29) is 0 Å². The zero-order chi connectivity index (χ0) is 9.56. The van der Waals surface area contributed by atoms with E-state index in [4.69, 9.17) is 5.53 Å². The van der Waals surface area contributed by atoms with Crippen molar-refractivity contribution in [1.82, 2.24) is 0 Å². The second-order valence-electron chi connectivity index (χ2n) is 1.97. The number of hydrogen-bond acceptors (Lipinski definition) is 4. The standard InChI is InChI=1S/C5H7N3O4/c1-3(2)11-5(10)12-4(9)7-8-6/h3H,1-2H3. The van der Waals surface area contributed by atoms with Gasteiger partial charge in [0.15, 0.2) is 0 Å². The van der Waals surface area contributed by atoms with E-state index < -0.39 is 18.4 Å². The van der Waals surface area contributed by atoms with Crippen LogP contribution in [-0.2, 0) is 9.47 Å². The van der Waals surface area contributed by atoms with Gasteiger partial charge in [0.25, 0.3) is 0 Å². The summed E-state index contributed by atoms with van der Waals surface area (Å²) in [5.41, 5.74) is 7.74. The highest BCUT2D eigenvalue weighted by Crippen LogP contribution is 1.94. The van der Waals surface area contributed by atoms with Crippen LogP contribution in [0.4, 0.5) is 9.59 Å². The second kappa shape index (κ2) is 4.97. The molecule has 0 atom stereocenters. The van der Waals surface area contributed by atoms with Gasteiger partial charge in [-0.3, -0.25) is 0 Å². The van der Waals surface area contributed by atoms with Crippen molar-refractivity contribution >= 4 is 12.2 Å². The zero-order valence-electron chi connectivity index (χ0n) is 6.55. The van der Waals surface area contributed by atoms with Gasteiger partial charge >= 0.3 is 12.2 Å². The smallest absolute Gasteiger partial charge is 0.431 e. The predicted molar refractivity (Wildman–Crippen MR) is 37.2 cm³/mol. The van der Waals surface area contributed by atoms with Gasteiger partial charge in [-0.15, -0.1) is 0 Å². The molecule has 0 N–H and O–H groups in total. The highest BCUT2D eigenvalue weighted by Gasteiger charge is 2.10. The lowest BCUT2D eigenvalue weighted by Gasteiger charge is -2.04. The number of amides is 1. The van der Waals surface area contributed by atoms with Crippen molar-refractivity contribution in [2.45, 2.75) is 20.0 Å². The van der Waals surface area contributed by atoms with Crippen LogP contribution in [0.3, 0.4) is 0 Å². The number of carbonyl (C=O) groups is 2. The van der Waals surface area contributed by atoms with E-state index in [0.717, 1.165) is 0 Å². The summed E-state index contributed by atoms with van der Waals surface area (Å²) in [5, 5.41) is 2.49. The molecular weight excluding hydrogens is 166 g/mol. The molecule has 7 nitrogen and oxygen atoms in total.